The predicted octanol–water partition coefficient (Wildman–Crippen LogP) is 4.98. The van der Waals surface area contributed by atoms with Crippen LogP contribution in [0, 0.1) is 0 Å². The van der Waals surface area contributed by atoms with Crippen LogP contribution in [-0.4, -0.2) is 41.7 Å². The van der Waals surface area contributed by atoms with Gasteiger partial charge in [0.25, 0.3) is 5.89 Å². The van der Waals surface area contributed by atoms with E-state index in [9.17, 15) is 0 Å². The lowest BCUT2D eigenvalue weighted by Crippen LogP contribution is -1.95. The monoisotopic (exact) mass is 438 g/mol. The van der Waals surface area contributed by atoms with Gasteiger partial charge in [0, 0.05) is 16.7 Å². The number of H-pyrrole nitrogens is 1. The van der Waals surface area contributed by atoms with Gasteiger partial charge in [0.1, 0.15) is 5.69 Å². The number of hydrogen-bond donors (Lipinski definition) is 1. The van der Waals surface area contributed by atoms with Gasteiger partial charge in [-0.15, -0.1) is 10.2 Å². The number of aromatic nitrogens is 4. The van der Waals surface area contributed by atoms with Crippen LogP contribution in [0.4, 0.5) is 0 Å². The van der Waals surface area contributed by atoms with Gasteiger partial charge in [0.15, 0.2) is 11.5 Å². The van der Waals surface area contributed by atoms with Crippen molar-refractivity contribution in [2.24, 2.45) is 0 Å². The Hall–Kier alpha value is -3.78. The molecule has 4 rings (SSSR count). The highest BCUT2D eigenvalue weighted by atomic mass is 35.5. The maximum absolute atomic E-state index is 5.94. The third kappa shape index (κ3) is 4.39. The van der Waals surface area contributed by atoms with E-state index in [4.69, 9.17) is 30.2 Å². The van der Waals surface area contributed by atoms with Crippen LogP contribution in [0.5, 0.6) is 17.2 Å². The molecule has 0 saturated carbocycles. The molecule has 2 aromatic carbocycles. The molecule has 0 aliphatic carbocycles. The summed E-state index contributed by atoms with van der Waals surface area (Å²) in [5, 5.41) is 16.0. The molecule has 1 N–H and O–H groups in total. The molecule has 0 aliphatic rings. The molecule has 8 nitrogen and oxygen atoms in total. The van der Waals surface area contributed by atoms with Crippen LogP contribution in [0.15, 0.2) is 46.9 Å². The van der Waals surface area contributed by atoms with Gasteiger partial charge in [-0.25, -0.2) is 0 Å². The Morgan fingerprint density at radius 3 is 2.26 bits per heavy atom. The zero-order valence-electron chi connectivity index (χ0n) is 17.0. The summed E-state index contributed by atoms with van der Waals surface area (Å²) in [6.45, 7) is 0. The topological polar surface area (TPSA) is 95.3 Å². The Labute approximate surface area is 183 Å². The zero-order valence-corrected chi connectivity index (χ0v) is 17.8. The van der Waals surface area contributed by atoms with E-state index in [0.717, 1.165) is 16.8 Å². The largest absolute Gasteiger partial charge is 0.493 e. The highest BCUT2D eigenvalue weighted by Crippen LogP contribution is 2.38. The molecule has 0 unspecified atom stereocenters. The minimum absolute atomic E-state index is 0.331. The van der Waals surface area contributed by atoms with Crippen LogP contribution >= 0.6 is 11.6 Å². The lowest BCUT2D eigenvalue weighted by Gasteiger charge is -2.12. The van der Waals surface area contributed by atoms with Gasteiger partial charge in [-0.1, -0.05) is 23.7 Å². The Bertz CT molecular complexity index is 1190. The van der Waals surface area contributed by atoms with Gasteiger partial charge < -0.3 is 18.6 Å². The molecular weight excluding hydrogens is 420 g/mol. The Morgan fingerprint density at radius 2 is 1.61 bits per heavy atom. The van der Waals surface area contributed by atoms with Crippen LogP contribution < -0.4 is 14.2 Å². The van der Waals surface area contributed by atoms with Crippen molar-refractivity contribution in [1.29, 1.82) is 0 Å². The van der Waals surface area contributed by atoms with Crippen molar-refractivity contribution >= 4 is 23.8 Å². The minimum Gasteiger partial charge on any atom is -0.493 e. The molecule has 0 radical (unpaired) electrons. The van der Waals surface area contributed by atoms with E-state index in [-0.39, 0.29) is 0 Å². The van der Waals surface area contributed by atoms with E-state index in [1.54, 1.807) is 27.4 Å². The smallest absolute Gasteiger partial charge is 0.266 e. The molecule has 158 valence electrons. The number of hydrogen-bond acceptors (Lipinski definition) is 7. The number of halogens is 1. The van der Waals surface area contributed by atoms with Gasteiger partial charge in [0.05, 0.1) is 27.0 Å². The number of aromatic amines is 1. The predicted molar refractivity (Wildman–Crippen MR) is 117 cm³/mol. The normalized spacial score (nSPS) is 11.1. The Balaban J connectivity index is 1.55. The van der Waals surface area contributed by atoms with E-state index in [0.29, 0.717) is 39.7 Å². The van der Waals surface area contributed by atoms with Gasteiger partial charge >= 0.3 is 0 Å². The van der Waals surface area contributed by atoms with Gasteiger partial charge in [-0.05, 0) is 42.0 Å². The highest BCUT2D eigenvalue weighted by Gasteiger charge is 2.13. The van der Waals surface area contributed by atoms with E-state index < -0.39 is 0 Å². The van der Waals surface area contributed by atoms with E-state index in [1.807, 2.05) is 48.5 Å². The van der Waals surface area contributed by atoms with Crippen molar-refractivity contribution < 1.29 is 18.6 Å². The standard InChI is InChI=1S/C22H19ClN4O4/c1-28-18-10-13(11-19(29-2)21(18)30-3)4-9-20-26-27-22(31-20)17-12-16(24-25-17)14-5-7-15(23)8-6-14/h4-12H,1-3H3,(H,24,25)/b9-4+. The summed E-state index contributed by atoms with van der Waals surface area (Å²) in [5.74, 6) is 2.31. The number of methoxy groups -OCH3 is 3. The first kappa shape index (κ1) is 20.5. The van der Waals surface area contributed by atoms with Gasteiger partial charge in [-0.2, -0.15) is 5.10 Å². The lowest BCUT2D eigenvalue weighted by atomic mass is 10.1. The fraction of sp³-hybridized carbons (Fsp3) is 0.136. The number of rotatable bonds is 7. The summed E-state index contributed by atoms with van der Waals surface area (Å²) in [6, 6.07) is 12.9. The average Bonchev–Trinajstić information content (AvgIpc) is 3.47. The first-order chi connectivity index (χ1) is 15.1. The molecule has 0 amide bonds. The lowest BCUT2D eigenvalue weighted by molar-refractivity contribution is 0.324. The summed E-state index contributed by atoms with van der Waals surface area (Å²) in [4.78, 5) is 0. The molecule has 2 aromatic heterocycles. The van der Waals surface area contributed by atoms with Crippen LogP contribution in [0.1, 0.15) is 11.5 Å². The summed E-state index contributed by atoms with van der Waals surface area (Å²) < 4.78 is 21.8. The molecule has 0 atom stereocenters. The second-order valence-electron chi connectivity index (χ2n) is 6.41. The minimum atomic E-state index is 0.331. The molecule has 0 aliphatic heterocycles. The van der Waals surface area contributed by atoms with Crippen molar-refractivity contribution in [2.45, 2.75) is 0 Å². The van der Waals surface area contributed by atoms with Crippen LogP contribution in [0.2, 0.25) is 5.02 Å². The van der Waals surface area contributed by atoms with Gasteiger partial charge in [-0.3, -0.25) is 5.10 Å². The van der Waals surface area contributed by atoms with E-state index in [2.05, 4.69) is 20.4 Å². The van der Waals surface area contributed by atoms with Crippen LogP contribution in [-0.2, 0) is 0 Å². The number of benzene rings is 2. The van der Waals surface area contributed by atoms with E-state index >= 15 is 0 Å². The van der Waals surface area contributed by atoms with E-state index in [1.165, 1.54) is 0 Å². The summed E-state index contributed by atoms with van der Waals surface area (Å²) in [7, 11) is 4.69. The molecule has 4 aromatic rings. The summed E-state index contributed by atoms with van der Waals surface area (Å²) in [5.41, 5.74) is 3.11. The second-order valence-corrected chi connectivity index (χ2v) is 6.85. The number of nitrogens with one attached hydrogen (secondary N) is 1. The molecule has 2 heterocycles. The molecule has 31 heavy (non-hydrogen) atoms. The highest BCUT2D eigenvalue weighted by molar-refractivity contribution is 6.30. The maximum atomic E-state index is 5.94. The first-order valence-corrected chi connectivity index (χ1v) is 9.62. The maximum Gasteiger partial charge on any atom is 0.266 e. The molecule has 0 saturated heterocycles. The zero-order chi connectivity index (χ0) is 21.8. The Kier molecular flexibility index (Phi) is 5.90. The van der Waals surface area contributed by atoms with Crippen molar-refractivity contribution in [2.75, 3.05) is 21.3 Å². The molecule has 9 heteroatoms. The summed E-state index contributed by atoms with van der Waals surface area (Å²) >= 11 is 5.94. The fourth-order valence-electron chi connectivity index (χ4n) is 2.98. The SMILES string of the molecule is COc1cc(/C=C/c2nnc(-c3cc(-c4ccc(Cl)cc4)n[nH]3)o2)cc(OC)c1OC. The molecule has 0 fully saturated rings. The number of nitrogens with zero attached hydrogens (tertiary/aromatic N) is 3. The fourth-order valence-corrected chi connectivity index (χ4v) is 3.10. The van der Waals surface area contributed by atoms with Crippen molar-refractivity contribution in [3.63, 3.8) is 0 Å². The van der Waals surface area contributed by atoms with Gasteiger partial charge in [0.2, 0.25) is 11.6 Å². The van der Waals surface area contributed by atoms with Crippen molar-refractivity contribution in [3.05, 3.63) is 58.9 Å². The molecular formula is C22H19ClN4O4. The second kappa shape index (κ2) is 8.93. The third-order valence-electron chi connectivity index (χ3n) is 4.49. The van der Waals surface area contributed by atoms with Crippen LogP contribution in [0.25, 0.3) is 35.0 Å². The molecule has 0 bridgehead atoms. The molecule has 0 spiro atoms. The van der Waals surface area contributed by atoms with Crippen LogP contribution in [0.3, 0.4) is 0 Å². The summed E-state index contributed by atoms with van der Waals surface area (Å²) in [6.07, 6.45) is 3.52. The first-order valence-electron chi connectivity index (χ1n) is 9.24. The number of ether oxygens (including phenoxy) is 3. The van der Waals surface area contributed by atoms with Crippen molar-refractivity contribution in [3.8, 4) is 40.1 Å². The Morgan fingerprint density at radius 1 is 0.903 bits per heavy atom. The quantitative estimate of drug-likeness (QED) is 0.435. The third-order valence-corrected chi connectivity index (χ3v) is 4.75. The average molecular weight is 439 g/mol. The van der Waals surface area contributed by atoms with Crippen molar-refractivity contribution in [1.82, 2.24) is 20.4 Å².